The SMILES string of the molecule is CC(C)[Si](C(C)C)(C(C)C)n1ccc2c(-c3nc4c(c(C(C)(C)S(C)(=O)=O)n3)OC[C@@H]3COC[C@@H](C)N43)c(O)cnc21.CC(C)[Si](C(C)C)(C(C)C)n1ccc2c(B(O)O)c(O)cnc21.C[C@@H]1COC[C@H]2COc3c(nc(-c4c(O)cnc5[nH]ccc45)nc3C(C)(C)S(C)(=O)=O)N21.C[C@@H]1COC[C@H]2COc3c(nc(Cl)nc3C(C)(C)S(C)(=O)=O)N21. The molecule has 0 amide bonds. The number of aromatic amines is 1. The molecule has 32 nitrogen and oxygen atoms in total. The van der Waals surface area contributed by atoms with Gasteiger partial charge in [0.2, 0.25) is 5.28 Å². The van der Waals surface area contributed by atoms with Crippen molar-refractivity contribution in [1.29, 1.82) is 0 Å². The molecule has 3 fully saturated rings. The number of anilines is 3. The van der Waals surface area contributed by atoms with Crippen molar-refractivity contribution in [1.82, 2.24) is 58.3 Å². The highest BCUT2D eigenvalue weighted by Gasteiger charge is 2.52. The summed E-state index contributed by atoms with van der Waals surface area (Å²) in [6, 6.07) is 5.61. The van der Waals surface area contributed by atoms with Crippen molar-refractivity contribution in [3.05, 3.63) is 77.7 Å². The minimum atomic E-state index is -3.61. The molecule has 15 rings (SSSR count). The Balaban J connectivity index is 0.000000152. The largest absolute Gasteiger partial charge is 0.507 e. The summed E-state index contributed by atoms with van der Waals surface area (Å²) in [6.45, 7) is 47.3. The molecule has 6 atom stereocenters. The van der Waals surface area contributed by atoms with E-state index < -0.39 is 67.3 Å². The average Bonchev–Trinajstić information content (AvgIpc) is 1.42. The Morgan fingerprint density at radius 1 is 0.458 bits per heavy atom. The molecule has 9 aromatic rings. The number of aromatic hydroxyl groups is 3. The summed E-state index contributed by atoms with van der Waals surface area (Å²) in [7, 11) is -16.5. The maximum atomic E-state index is 13.1. The Bertz CT molecular complexity index is 5670. The molecule has 654 valence electrons. The number of halogens is 1. The van der Waals surface area contributed by atoms with Crippen LogP contribution in [-0.4, -0.2) is 247 Å². The van der Waals surface area contributed by atoms with Gasteiger partial charge in [-0.2, -0.15) is 4.98 Å². The van der Waals surface area contributed by atoms with E-state index in [-0.39, 0.29) is 87.3 Å². The van der Waals surface area contributed by atoms with E-state index in [1.807, 2.05) is 32.2 Å². The molecule has 39 heteroatoms. The van der Waals surface area contributed by atoms with Crippen molar-refractivity contribution in [3.63, 3.8) is 0 Å². The van der Waals surface area contributed by atoms with Crippen molar-refractivity contribution in [2.75, 3.05) is 92.9 Å². The van der Waals surface area contributed by atoms with Gasteiger partial charge in [0.1, 0.15) is 85.3 Å². The molecule has 0 unspecified atom stereocenters. The number of nitrogens with zero attached hydrogens (tertiary/aromatic N) is 14. The Hall–Kier alpha value is -8.05. The first-order valence-corrected chi connectivity index (χ1v) is 51.2. The zero-order chi connectivity index (χ0) is 88.3. The molecule has 0 aliphatic carbocycles. The van der Waals surface area contributed by atoms with E-state index in [1.165, 1.54) is 37.4 Å². The number of pyridine rings is 3. The second-order valence-corrected chi connectivity index (χ2v) is 55.4. The lowest BCUT2D eigenvalue weighted by atomic mass is 9.78. The van der Waals surface area contributed by atoms with Crippen molar-refractivity contribution in [3.8, 4) is 57.3 Å². The number of aromatic nitrogens is 12. The topological polar surface area (TPSA) is 410 Å². The number of hydrogen-bond acceptors (Lipinski definition) is 29. The van der Waals surface area contributed by atoms with E-state index in [4.69, 9.17) is 60.0 Å². The maximum Gasteiger partial charge on any atom is 0.493 e. The molecule has 0 aromatic carbocycles. The fraction of sp³-hybridized carbons (Fsp3) is 0.593. The second-order valence-electron chi connectivity index (χ2n) is 36.0. The van der Waals surface area contributed by atoms with E-state index in [9.17, 15) is 50.6 Å². The quantitative estimate of drug-likeness (QED) is 0.0364. The van der Waals surface area contributed by atoms with E-state index in [1.54, 1.807) is 53.8 Å². The van der Waals surface area contributed by atoms with Crippen molar-refractivity contribution in [2.24, 2.45) is 0 Å². The third kappa shape index (κ3) is 15.6. The molecule has 0 bridgehead atoms. The Morgan fingerprint density at radius 3 is 1.16 bits per heavy atom. The summed E-state index contributed by atoms with van der Waals surface area (Å²) < 4.78 is 112. The van der Waals surface area contributed by atoms with Gasteiger partial charge in [0.25, 0.3) is 0 Å². The van der Waals surface area contributed by atoms with Gasteiger partial charge < -0.3 is 81.9 Å². The predicted molar refractivity (Wildman–Crippen MR) is 472 cm³/mol. The first-order chi connectivity index (χ1) is 55.9. The molecule has 0 saturated carbocycles. The van der Waals surface area contributed by atoms with Crippen LogP contribution < -0.4 is 34.4 Å². The normalized spacial score (nSPS) is 19.8. The first-order valence-electron chi connectivity index (χ1n) is 40.8. The zero-order valence-corrected chi connectivity index (χ0v) is 78.3. The summed E-state index contributed by atoms with van der Waals surface area (Å²) in [5, 5.41) is 53.2. The summed E-state index contributed by atoms with van der Waals surface area (Å²) >= 11 is 6.09. The van der Waals surface area contributed by atoms with Crippen molar-refractivity contribution in [2.45, 2.75) is 229 Å². The van der Waals surface area contributed by atoms with Gasteiger partial charge in [0.15, 0.2) is 92.3 Å². The van der Waals surface area contributed by atoms with Gasteiger partial charge in [-0.3, -0.25) is 0 Å². The van der Waals surface area contributed by atoms with Crippen LogP contribution in [0.25, 0.3) is 55.9 Å². The average molecular weight is 1770 g/mol. The fourth-order valence-electron chi connectivity index (χ4n) is 19.1. The summed E-state index contributed by atoms with van der Waals surface area (Å²) in [4.78, 5) is 50.6. The molecule has 0 radical (unpaired) electrons. The molecular formula is C81H117BClN15O17S3Si2. The van der Waals surface area contributed by atoms with Crippen molar-refractivity contribution < 1.29 is 79.0 Å². The van der Waals surface area contributed by atoms with Gasteiger partial charge in [-0.25, -0.2) is 65.1 Å². The van der Waals surface area contributed by atoms with Gasteiger partial charge in [-0.1, -0.05) is 83.1 Å². The van der Waals surface area contributed by atoms with Gasteiger partial charge in [-0.05, 0) is 138 Å². The Labute approximate surface area is 710 Å². The third-order valence-corrected chi connectivity index (χ3v) is 45.5. The van der Waals surface area contributed by atoms with E-state index >= 15 is 0 Å². The smallest absolute Gasteiger partial charge is 0.493 e. The molecule has 9 aromatic heterocycles. The molecule has 6 aliphatic heterocycles. The number of ether oxygens (including phenoxy) is 6. The van der Waals surface area contributed by atoms with Crippen LogP contribution >= 0.6 is 11.6 Å². The van der Waals surface area contributed by atoms with E-state index in [0.29, 0.717) is 161 Å². The number of fused-ring (bicyclic) bond motifs is 12. The van der Waals surface area contributed by atoms with Crippen LogP contribution in [0.3, 0.4) is 0 Å². The lowest BCUT2D eigenvalue weighted by molar-refractivity contribution is 0.0482. The zero-order valence-electron chi connectivity index (χ0n) is 73.1. The number of hydrogen-bond donors (Lipinski definition) is 6. The van der Waals surface area contributed by atoms with Gasteiger partial charge in [0.05, 0.1) is 106 Å². The van der Waals surface area contributed by atoms with Crippen molar-refractivity contribution >= 4 is 121 Å². The molecule has 3 saturated heterocycles. The van der Waals surface area contributed by atoms with Crippen LogP contribution in [0.4, 0.5) is 17.5 Å². The number of rotatable bonds is 17. The van der Waals surface area contributed by atoms with E-state index in [2.05, 4.69) is 149 Å². The van der Waals surface area contributed by atoms with Gasteiger partial charge >= 0.3 is 7.12 Å². The Kier molecular flexibility index (Phi) is 25.5. The summed E-state index contributed by atoms with van der Waals surface area (Å²) in [5.74, 6) is 2.82. The van der Waals surface area contributed by atoms with Gasteiger partial charge in [0, 0.05) is 46.6 Å². The molecule has 120 heavy (non-hydrogen) atoms. The highest BCUT2D eigenvalue weighted by molar-refractivity contribution is 7.92. The maximum absolute atomic E-state index is 13.1. The number of sulfone groups is 3. The predicted octanol–water partition coefficient (Wildman–Crippen LogP) is 11.3. The van der Waals surface area contributed by atoms with Crippen LogP contribution in [-0.2, 0) is 58.0 Å². The number of H-pyrrole nitrogens is 1. The molecular weight excluding hydrogens is 1650 g/mol. The van der Waals surface area contributed by atoms with Crippen LogP contribution in [0.15, 0.2) is 55.4 Å². The molecule has 0 spiro atoms. The monoisotopic (exact) mass is 1770 g/mol. The first kappa shape index (κ1) is 91.2. The lowest BCUT2D eigenvalue weighted by Crippen LogP contribution is -2.56. The fourth-order valence-corrected chi connectivity index (χ4v) is 33.9. The van der Waals surface area contributed by atoms with Crippen LogP contribution in [0.5, 0.6) is 34.5 Å². The summed E-state index contributed by atoms with van der Waals surface area (Å²) in [5.41, 5.74) is 6.67. The van der Waals surface area contributed by atoms with Crippen LogP contribution in [0.1, 0.15) is 162 Å². The standard InChI is InChI=1S/C30H45N5O5SSi.C21H25N5O5S.C16H27BN2O3Si.C14H20ClN3O4S/c1-17(2)42(18(3)4,19(5)6)34-12-11-22-24(23(36)13-31-28(22)34)27-32-26(30(8,9)41(10,37)38)25-29(33-27)35-20(7)14-39-15-21(35)16-40-25;1-11-8-30-9-12-10-31-16-17(21(2,3)32(4,28)29)24-19(25-20(16)26(11)12)15-13-5-6-22-18(13)23-7-14(15)27;1-10(2)23(11(3)4,12(5)6)19-8-7-13-15(17(21)22)14(20)9-18-16(13)19;1-8-5-21-6-9-7-22-10-11(14(2,3)23(4,19)20)16-13(15)17-12(10)18(8)9/h11-13,17-21,36H,14-16H2,1-10H3;5-7,11-12,27H,8-10H2,1-4H3,(H,22,23);7-12,20-22H,1-6H3;8-9H,5-7H2,1-4H3/t20-,21+;11-,12+;;8-,9+/m11.1/s1. The highest BCUT2D eigenvalue weighted by Crippen LogP contribution is 2.52. The minimum absolute atomic E-state index is 0.00617. The van der Waals surface area contributed by atoms with Gasteiger partial charge in [-0.15, -0.1) is 0 Å². The third-order valence-electron chi connectivity index (χ3n) is 25.7. The number of nitrogens with one attached hydrogen (secondary N) is 1. The lowest BCUT2D eigenvalue weighted by Gasteiger charge is -2.45. The number of morpholine rings is 3. The molecule has 6 aliphatic rings. The summed E-state index contributed by atoms with van der Waals surface area (Å²) in [6.07, 6.45) is 13.5. The minimum Gasteiger partial charge on any atom is -0.507 e. The van der Waals surface area contributed by atoms with E-state index in [0.717, 1.165) is 16.7 Å². The molecule has 6 N–H and O–H groups in total. The second kappa shape index (κ2) is 33.5. The Morgan fingerprint density at radius 2 is 0.792 bits per heavy atom. The van der Waals surface area contributed by atoms with Crippen LogP contribution in [0.2, 0.25) is 38.5 Å². The van der Waals surface area contributed by atoms with Crippen LogP contribution in [0, 0.1) is 0 Å². The highest BCUT2D eigenvalue weighted by atomic mass is 35.5. The molecule has 15 heterocycles.